The Hall–Kier alpha value is -0.860. The van der Waals surface area contributed by atoms with Crippen LogP contribution in [0.3, 0.4) is 0 Å². The van der Waals surface area contributed by atoms with Crippen molar-refractivity contribution in [2.24, 2.45) is 0 Å². The second-order valence-corrected chi connectivity index (χ2v) is 4.00. The quantitative estimate of drug-likeness (QED) is 0.810. The molecule has 0 unspecified atom stereocenters. The Labute approximate surface area is 91.6 Å². The molecule has 1 aromatic carbocycles. The van der Waals surface area contributed by atoms with Gasteiger partial charge < -0.3 is 10.1 Å². The molecule has 2 rings (SSSR count). The van der Waals surface area contributed by atoms with Crippen LogP contribution in [0.5, 0.6) is 0 Å². The molecule has 0 bridgehead atoms. The minimum atomic E-state index is 0.291. The van der Waals surface area contributed by atoms with Crippen LogP contribution in [0.1, 0.15) is 12.0 Å². The number of ether oxygens (including phenoxy) is 1. The van der Waals surface area contributed by atoms with Crippen molar-refractivity contribution in [1.29, 1.82) is 0 Å². The van der Waals surface area contributed by atoms with Crippen molar-refractivity contribution in [2.45, 2.75) is 18.9 Å². The van der Waals surface area contributed by atoms with E-state index < -0.39 is 0 Å². The molecule has 1 saturated heterocycles. The highest BCUT2D eigenvalue weighted by molar-refractivity contribution is 5.21. The van der Waals surface area contributed by atoms with Gasteiger partial charge in [0.1, 0.15) is 0 Å². The van der Waals surface area contributed by atoms with Gasteiger partial charge in [-0.2, -0.15) is 0 Å². The molecule has 0 spiro atoms. The van der Waals surface area contributed by atoms with Crippen LogP contribution in [-0.2, 0) is 11.2 Å². The monoisotopic (exact) mass is 204 g/mol. The van der Waals surface area contributed by atoms with Gasteiger partial charge in [-0.25, -0.2) is 0 Å². The average Bonchev–Trinajstić information content (AvgIpc) is 2.31. The standard InChI is InChI=1S/C13H18NO/c1-15-13-10-14-8-7-12(13)9-11-5-3-2-4-6-11/h2-6,13-14H,7-10H2,1H3/t13-/m1/s1. The van der Waals surface area contributed by atoms with E-state index in [0.29, 0.717) is 6.10 Å². The summed E-state index contributed by atoms with van der Waals surface area (Å²) in [5.74, 6) is 1.52. The van der Waals surface area contributed by atoms with Gasteiger partial charge in [-0.15, -0.1) is 0 Å². The minimum Gasteiger partial charge on any atom is -0.380 e. The molecule has 1 atom stereocenters. The van der Waals surface area contributed by atoms with E-state index in [1.165, 1.54) is 11.5 Å². The molecule has 1 aliphatic heterocycles. The third-order valence-electron chi connectivity index (χ3n) is 2.97. The predicted molar refractivity (Wildman–Crippen MR) is 61.7 cm³/mol. The van der Waals surface area contributed by atoms with Crippen LogP contribution < -0.4 is 5.32 Å². The minimum absolute atomic E-state index is 0.291. The van der Waals surface area contributed by atoms with Crippen LogP contribution in [0.2, 0.25) is 0 Å². The first-order valence-electron chi connectivity index (χ1n) is 5.52. The van der Waals surface area contributed by atoms with Gasteiger partial charge in [0.2, 0.25) is 0 Å². The summed E-state index contributed by atoms with van der Waals surface area (Å²) in [5, 5.41) is 3.36. The molecule has 0 saturated carbocycles. The van der Waals surface area contributed by atoms with Crippen molar-refractivity contribution < 1.29 is 4.74 Å². The molecule has 0 aromatic heterocycles. The molecular formula is C13H18NO. The third-order valence-corrected chi connectivity index (χ3v) is 2.97. The number of benzene rings is 1. The van der Waals surface area contributed by atoms with Gasteiger partial charge in [-0.05, 0) is 24.9 Å². The number of nitrogens with one attached hydrogen (secondary N) is 1. The zero-order chi connectivity index (χ0) is 10.5. The zero-order valence-corrected chi connectivity index (χ0v) is 9.20. The van der Waals surface area contributed by atoms with E-state index in [0.717, 1.165) is 25.9 Å². The Balaban J connectivity index is 1.97. The zero-order valence-electron chi connectivity index (χ0n) is 9.20. The van der Waals surface area contributed by atoms with Crippen LogP contribution in [0.15, 0.2) is 30.3 Å². The molecule has 15 heavy (non-hydrogen) atoms. The van der Waals surface area contributed by atoms with E-state index in [4.69, 9.17) is 4.74 Å². The third kappa shape index (κ3) is 2.80. The molecule has 2 nitrogen and oxygen atoms in total. The van der Waals surface area contributed by atoms with Crippen LogP contribution in [-0.4, -0.2) is 26.3 Å². The number of hydrogen-bond donors (Lipinski definition) is 1. The fourth-order valence-corrected chi connectivity index (χ4v) is 2.10. The first kappa shape index (κ1) is 10.7. The van der Waals surface area contributed by atoms with Gasteiger partial charge in [0, 0.05) is 19.6 Å². The van der Waals surface area contributed by atoms with Crippen molar-refractivity contribution in [2.75, 3.05) is 20.2 Å². The van der Waals surface area contributed by atoms with E-state index in [9.17, 15) is 0 Å². The van der Waals surface area contributed by atoms with Crippen molar-refractivity contribution in [3.63, 3.8) is 0 Å². The van der Waals surface area contributed by atoms with E-state index in [1.807, 2.05) is 0 Å². The van der Waals surface area contributed by atoms with Gasteiger partial charge in [0.05, 0.1) is 6.10 Å². The summed E-state index contributed by atoms with van der Waals surface area (Å²) >= 11 is 0. The van der Waals surface area contributed by atoms with Gasteiger partial charge in [0.15, 0.2) is 0 Å². The Morgan fingerprint density at radius 3 is 2.87 bits per heavy atom. The molecular weight excluding hydrogens is 186 g/mol. The lowest BCUT2D eigenvalue weighted by Crippen LogP contribution is -2.41. The Kier molecular flexibility index (Phi) is 3.75. The summed E-state index contributed by atoms with van der Waals surface area (Å²) in [6.45, 7) is 2.04. The number of hydrogen-bond acceptors (Lipinski definition) is 2. The summed E-state index contributed by atoms with van der Waals surface area (Å²) < 4.78 is 5.48. The lowest BCUT2D eigenvalue weighted by Gasteiger charge is -2.30. The van der Waals surface area contributed by atoms with Crippen LogP contribution in [0.4, 0.5) is 0 Å². The Morgan fingerprint density at radius 1 is 1.33 bits per heavy atom. The summed E-state index contributed by atoms with van der Waals surface area (Å²) in [7, 11) is 1.79. The number of piperidine rings is 1. The predicted octanol–water partition coefficient (Wildman–Crippen LogP) is 1.81. The first-order chi connectivity index (χ1) is 7.40. The number of rotatable bonds is 3. The van der Waals surface area contributed by atoms with Crippen LogP contribution >= 0.6 is 0 Å². The maximum Gasteiger partial charge on any atom is 0.0761 e. The van der Waals surface area contributed by atoms with E-state index >= 15 is 0 Å². The largest absolute Gasteiger partial charge is 0.380 e. The molecule has 2 heteroatoms. The van der Waals surface area contributed by atoms with Gasteiger partial charge in [0.25, 0.3) is 0 Å². The molecule has 81 valence electrons. The highest BCUT2D eigenvalue weighted by Gasteiger charge is 2.25. The second-order valence-electron chi connectivity index (χ2n) is 4.00. The van der Waals surface area contributed by atoms with E-state index in [1.54, 1.807) is 7.11 Å². The van der Waals surface area contributed by atoms with Crippen molar-refractivity contribution in [3.05, 3.63) is 41.8 Å². The molecule has 1 heterocycles. The Bertz CT molecular complexity index is 286. The number of methoxy groups -OCH3 is 1. The molecule has 1 fully saturated rings. The van der Waals surface area contributed by atoms with Crippen LogP contribution in [0.25, 0.3) is 0 Å². The lowest BCUT2D eigenvalue weighted by atomic mass is 9.88. The molecule has 1 aliphatic rings. The first-order valence-corrected chi connectivity index (χ1v) is 5.52. The lowest BCUT2D eigenvalue weighted by molar-refractivity contribution is 0.0953. The average molecular weight is 204 g/mol. The second kappa shape index (κ2) is 5.29. The van der Waals surface area contributed by atoms with E-state index in [2.05, 4.69) is 35.6 Å². The molecule has 1 aromatic rings. The molecule has 0 amide bonds. The fourth-order valence-electron chi connectivity index (χ4n) is 2.10. The normalized spacial score (nSPS) is 22.9. The SMILES string of the molecule is CO[C@@H]1CNCC[C]1Cc1ccccc1. The molecule has 1 radical (unpaired) electrons. The highest BCUT2D eigenvalue weighted by Crippen LogP contribution is 2.22. The smallest absolute Gasteiger partial charge is 0.0761 e. The summed E-state index contributed by atoms with van der Waals surface area (Å²) in [5.41, 5.74) is 1.39. The molecule has 1 N–H and O–H groups in total. The highest BCUT2D eigenvalue weighted by atomic mass is 16.5. The summed E-state index contributed by atoms with van der Waals surface area (Å²) in [4.78, 5) is 0. The topological polar surface area (TPSA) is 21.3 Å². The van der Waals surface area contributed by atoms with Gasteiger partial charge >= 0.3 is 0 Å². The van der Waals surface area contributed by atoms with Crippen molar-refractivity contribution in [1.82, 2.24) is 5.32 Å². The summed E-state index contributed by atoms with van der Waals surface area (Å²) in [6, 6.07) is 10.6. The Morgan fingerprint density at radius 2 is 2.13 bits per heavy atom. The van der Waals surface area contributed by atoms with Gasteiger partial charge in [-0.1, -0.05) is 30.3 Å². The molecule has 0 aliphatic carbocycles. The maximum absolute atomic E-state index is 5.48. The van der Waals surface area contributed by atoms with E-state index in [-0.39, 0.29) is 0 Å². The summed E-state index contributed by atoms with van der Waals surface area (Å²) in [6.07, 6.45) is 2.48. The van der Waals surface area contributed by atoms with Crippen LogP contribution in [0, 0.1) is 5.92 Å². The van der Waals surface area contributed by atoms with Crippen molar-refractivity contribution >= 4 is 0 Å². The van der Waals surface area contributed by atoms with Crippen molar-refractivity contribution in [3.8, 4) is 0 Å². The maximum atomic E-state index is 5.48. The van der Waals surface area contributed by atoms with Gasteiger partial charge in [-0.3, -0.25) is 0 Å². The fraction of sp³-hybridized carbons (Fsp3) is 0.462.